The first-order valence-corrected chi connectivity index (χ1v) is 7.55. The summed E-state index contributed by atoms with van der Waals surface area (Å²) >= 11 is 3.11. The Balaban J connectivity index is 3.03. The Hall–Kier alpha value is -0.810. The number of nitrogens with zero attached hydrogens (tertiary/aromatic N) is 1. The monoisotopic (exact) mass is 334 g/mol. The Bertz CT molecular complexity index is 545. The van der Waals surface area contributed by atoms with E-state index in [9.17, 15) is 8.42 Å². The molecule has 0 aromatic carbocycles. The van der Waals surface area contributed by atoms with Crippen LogP contribution in [0.4, 0.5) is 0 Å². The lowest BCUT2D eigenvalue weighted by molar-refractivity contribution is 0.460. The van der Waals surface area contributed by atoms with Crippen molar-refractivity contribution < 1.29 is 12.8 Å². The van der Waals surface area contributed by atoms with Crippen LogP contribution in [0, 0.1) is 12.3 Å². The molecule has 0 bridgehead atoms. The molecule has 0 aliphatic heterocycles. The van der Waals surface area contributed by atoms with Crippen LogP contribution in [-0.2, 0) is 16.6 Å². The number of halogens is 1. The molecule has 0 radical (unpaired) electrons. The van der Waals surface area contributed by atoms with E-state index in [0.29, 0.717) is 12.3 Å². The van der Waals surface area contributed by atoms with Gasteiger partial charge in [-0.25, -0.2) is 8.42 Å². The number of hydrogen-bond donors (Lipinski definition) is 1. The van der Waals surface area contributed by atoms with Gasteiger partial charge in [0.05, 0.1) is 13.1 Å². The van der Waals surface area contributed by atoms with Crippen LogP contribution in [0.1, 0.15) is 12.7 Å². The van der Waals surface area contributed by atoms with E-state index >= 15 is 0 Å². The first kappa shape index (κ1) is 15.2. The third kappa shape index (κ3) is 3.36. The molecule has 1 rings (SSSR count). The molecule has 0 amide bonds. The van der Waals surface area contributed by atoms with Crippen LogP contribution < -0.4 is 5.32 Å². The van der Waals surface area contributed by atoms with Gasteiger partial charge >= 0.3 is 0 Å². The summed E-state index contributed by atoms with van der Waals surface area (Å²) in [4.78, 5) is 0.0909. The van der Waals surface area contributed by atoms with E-state index in [0.717, 1.165) is 10.8 Å². The molecule has 1 aromatic heterocycles. The molecular weight excluding hydrogens is 320 g/mol. The molecule has 0 aliphatic carbocycles. The molecule has 0 fully saturated rings. The maximum atomic E-state index is 12.2. The highest BCUT2D eigenvalue weighted by Gasteiger charge is 2.26. The number of hydrogen-bond acceptors (Lipinski definition) is 4. The molecule has 7 heteroatoms. The molecule has 0 saturated heterocycles. The first-order chi connectivity index (χ1) is 8.43. The van der Waals surface area contributed by atoms with Crippen molar-refractivity contribution in [2.45, 2.75) is 18.4 Å². The van der Waals surface area contributed by atoms with Crippen molar-refractivity contribution in [3.05, 3.63) is 16.5 Å². The topological polar surface area (TPSA) is 62.6 Å². The second-order valence-electron chi connectivity index (χ2n) is 3.60. The van der Waals surface area contributed by atoms with E-state index in [1.54, 1.807) is 0 Å². The van der Waals surface area contributed by atoms with Gasteiger partial charge in [-0.1, -0.05) is 12.8 Å². The average Bonchev–Trinajstić information content (AvgIpc) is 2.69. The highest BCUT2D eigenvalue weighted by molar-refractivity contribution is 9.10. The molecule has 0 spiro atoms. The lowest BCUT2D eigenvalue weighted by Gasteiger charge is -2.12. The van der Waals surface area contributed by atoms with Crippen molar-refractivity contribution in [1.82, 2.24) is 9.62 Å². The minimum absolute atomic E-state index is 0.0164. The number of terminal acetylenes is 1. The van der Waals surface area contributed by atoms with Gasteiger partial charge in [-0.2, -0.15) is 4.31 Å². The fraction of sp³-hybridized carbons (Fsp3) is 0.455. The van der Waals surface area contributed by atoms with Gasteiger partial charge in [0.1, 0.15) is 10.7 Å². The standard InChI is InChI=1S/C11H15BrN2O3S/c1-4-6-14(3)18(15,16)10-7-9(8-13-5-2)17-11(10)12/h1,7,13H,5-6,8H2,2-3H3. The van der Waals surface area contributed by atoms with Gasteiger partial charge in [0.15, 0.2) is 4.67 Å². The minimum atomic E-state index is -3.61. The third-order valence-electron chi connectivity index (χ3n) is 2.26. The number of furan rings is 1. The number of rotatable bonds is 6. The van der Waals surface area contributed by atoms with Gasteiger partial charge in [0, 0.05) is 13.1 Å². The first-order valence-electron chi connectivity index (χ1n) is 5.32. The molecule has 0 aliphatic rings. The predicted octanol–water partition coefficient (Wildman–Crippen LogP) is 1.41. The second-order valence-corrected chi connectivity index (χ2v) is 6.33. The molecule has 5 nitrogen and oxygen atoms in total. The normalized spacial score (nSPS) is 11.7. The molecule has 1 aromatic rings. The van der Waals surface area contributed by atoms with Gasteiger partial charge in [-0.3, -0.25) is 0 Å². The molecule has 1 N–H and O–H groups in total. The van der Waals surface area contributed by atoms with Crippen molar-refractivity contribution in [1.29, 1.82) is 0 Å². The van der Waals surface area contributed by atoms with E-state index in [1.807, 2.05) is 6.92 Å². The van der Waals surface area contributed by atoms with Crippen LogP contribution in [-0.4, -0.2) is 32.9 Å². The van der Waals surface area contributed by atoms with E-state index < -0.39 is 10.0 Å². The van der Waals surface area contributed by atoms with E-state index in [-0.39, 0.29) is 16.1 Å². The van der Waals surface area contributed by atoms with Crippen LogP contribution in [0.5, 0.6) is 0 Å². The number of nitrogens with one attached hydrogen (secondary N) is 1. The molecule has 0 saturated carbocycles. The Kier molecular flexibility index (Phi) is 5.41. The van der Waals surface area contributed by atoms with Crippen LogP contribution in [0.15, 0.2) is 20.0 Å². The molecular formula is C11H15BrN2O3S. The van der Waals surface area contributed by atoms with Crippen LogP contribution in [0.25, 0.3) is 0 Å². The van der Waals surface area contributed by atoms with E-state index in [4.69, 9.17) is 10.8 Å². The summed E-state index contributed by atoms with van der Waals surface area (Å²) in [6.07, 6.45) is 5.11. The van der Waals surface area contributed by atoms with Gasteiger partial charge in [0.25, 0.3) is 0 Å². The zero-order valence-electron chi connectivity index (χ0n) is 10.2. The summed E-state index contributed by atoms with van der Waals surface area (Å²) in [6, 6.07) is 1.50. The van der Waals surface area contributed by atoms with Crippen LogP contribution in [0.3, 0.4) is 0 Å². The summed E-state index contributed by atoms with van der Waals surface area (Å²) in [5, 5.41) is 3.06. The lowest BCUT2D eigenvalue weighted by atomic mass is 10.4. The highest BCUT2D eigenvalue weighted by Crippen LogP contribution is 2.28. The summed E-state index contributed by atoms with van der Waals surface area (Å²) in [5.41, 5.74) is 0. The van der Waals surface area contributed by atoms with Crippen molar-refractivity contribution in [2.24, 2.45) is 0 Å². The third-order valence-corrected chi connectivity index (χ3v) is 4.92. The second kappa shape index (κ2) is 6.38. The lowest BCUT2D eigenvalue weighted by Crippen LogP contribution is -2.27. The fourth-order valence-corrected chi connectivity index (χ4v) is 3.33. The zero-order valence-corrected chi connectivity index (χ0v) is 12.6. The molecule has 1 heterocycles. The van der Waals surface area contributed by atoms with Gasteiger partial charge < -0.3 is 9.73 Å². The molecule has 0 unspecified atom stereocenters. The fourth-order valence-electron chi connectivity index (χ4n) is 1.29. The Morgan fingerprint density at radius 1 is 1.61 bits per heavy atom. The van der Waals surface area contributed by atoms with Crippen LogP contribution >= 0.6 is 15.9 Å². The highest BCUT2D eigenvalue weighted by atomic mass is 79.9. The summed E-state index contributed by atoms with van der Waals surface area (Å²) in [5.74, 6) is 2.84. The quantitative estimate of drug-likeness (QED) is 0.799. The van der Waals surface area contributed by atoms with Crippen molar-refractivity contribution in [3.8, 4) is 12.3 Å². The summed E-state index contributed by atoms with van der Waals surface area (Å²) in [7, 11) is -2.18. The van der Waals surface area contributed by atoms with E-state index in [1.165, 1.54) is 13.1 Å². The maximum Gasteiger partial charge on any atom is 0.248 e. The number of sulfonamides is 1. The van der Waals surface area contributed by atoms with Crippen molar-refractivity contribution >= 4 is 26.0 Å². The van der Waals surface area contributed by atoms with Crippen molar-refractivity contribution in [2.75, 3.05) is 20.1 Å². The largest absolute Gasteiger partial charge is 0.452 e. The van der Waals surface area contributed by atoms with Gasteiger partial charge in [-0.15, -0.1) is 6.42 Å². The van der Waals surface area contributed by atoms with Gasteiger partial charge in [0.2, 0.25) is 10.0 Å². The Morgan fingerprint density at radius 3 is 2.83 bits per heavy atom. The summed E-state index contributed by atoms with van der Waals surface area (Å²) < 4.78 is 30.9. The van der Waals surface area contributed by atoms with Crippen LogP contribution in [0.2, 0.25) is 0 Å². The predicted molar refractivity (Wildman–Crippen MR) is 72.4 cm³/mol. The Morgan fingerprint density at radius 2 is 2.28 bits per heavy atom. The van der Waals surface area contributed by atoms with Crippen molar-refractivity contribution in [3.63, 3.8) is 0 Å². The smallest absolute Gasteiger partial charge is 0.248 e. The zero-order chi connectivity index (χ0) is 13.8. The maximum absolute atomic E-state index is 12.2. The average molecular weight is 335 g/mol. The molecule has 18 heavy (non-hydrogen) atoms. The molecule has 0 atom stereocenters. The summed E-state index contributed by atoms with van der Waals surface area (Å²) in [6.45, 7) is 3.22. The molecule has 100 valence electrons. The minimum Gasteiger partial charge on any atom is -0.452 e. The van der Waals surface area contributed by atoms with Gasteiger partial charge in [-0.05, 0) is 22.5 Å². The SMILES string of the molecule is C#CCN(C)S(=O)(=O)c1cc(CNCC)oc1Br. The van der Waals surface area contributed by atoms with E-state index in [2.05, 4.69) is 27.2 Å². The Labute approximate surface area is 116 Å².